The summed E-state index contributed by atoms with van der Waals surface area (Å²) in [7, 11) is -4.84. The van der Waals surface area contributed by atoms with Crippen molar-refractivity contribution in [3.8, 4) is 0 Å². The number of thiophene rings is 1. The second-order valence-corrected chi connectivity index (χ2v) is 10.2. The molecule has 1 aliphatic heterocycles. The van der Waals surface area contributed by atoms with Crippen molar-refractivity contribution in [3.63, 3.8) is 0 Å². The first kappa shape index (κ1) is 26.1. The Morgan fingerprint density at radius 1 is 1.25 bits per heavy atom. The number of halogens is 3. The summed E-state index contributed by atoms with van der Waals surface area (Å²) in [6.45, 7) is 1.45. The molecule has 0 saturated heterocycles. The first-order valence-electron chi connectivity index (χ1n) is 9.89. The number of alkyl halides is 3. The molecule has 180 valence electrons. The maximum absolute atomic E-state index is 12.3. The van der Waals surface area contributed by atoms with E-state index in [1.165, 1.54) is 11.3 Å². The van der Waals surface area contributed by atoms with E-state index in [1.54, 1.807) is 16.9 Å². The maximum Gasteiger partial charge on any atom is 0.404 e. The average molecular weight is 499 g/mol. The molecule has 32 heavy (non-hydrogen) atoms. The van der Waals surface area contributed by atoms with Gasteiger partial charge in [0.25, 0.3) is 0 Å². The number of carboxylic acids is 1. The van der Waals surface area contributed by atoms with Crippen LogP contribution >= 0.6 is 11.3 Å². The van der Waals surface area contributed by atoms with Crippen LogP contribution in [0.25, 0.3) is 0 Å². The van der Waals surface area contributed by atoms with Crippen LogP contribution in [-0.2, 0) is 32.5 Å². The van der Waals surface area contributed by atoms with E-state index < -0.39 is 34.0 Å². The van der Waals surface area contributed by atoms with E-state index >= 15 is 0 Å². The lowest BCUT2D eigenvalue weighted by molar-refractivity contribution is -0.139. The molecule has 1 atom stereocenters. The van der Waals surface area contributed by atoms with Gasteiger partial charge in [-0.1, -0.05) is 0 Å². The van der Waals surface area contributed by atoms with Gasteiger partial charge in [-0.15, -0.1) is 11.3 Å². The van der Waals surface area contributed by atoms with Crippen molar-refractivity contribution in [2.75, 3.05) is 18.8 Å². The van der Waals surface area contributed by atoms with E-state index in [0.29, 0.717) is 43.1 Å². The number of aliphatic imine (C=N–C) groups is 1. The van der Waals surface area contributed by atoms with Crippen molar-refractivity contribution in [1.29, 1.82) is 0 Å². The predicted octanol–water partition coefficient (Wildman–Crippen LogP) is 1.40. The number of nitrogens with one attached hydrogen (secondary N) is 3. The molecular formula is C18H25F3N4O5S2. The van der Waals surface area contributed by atoms with Crippen LogP contribution in [0.1, 0.15) is 35.4 Å². The number of nitrogens with zero attached hydrogens (tertiary/aromatic N) is 1. The van der Waals surface area contributed by atoms with Gasteiger partial charge in [0.1, 0.15) is 6.04 Å². The molecule has 0 saturated carbocycles. The number of carbonyl (C=O) groups is 2. The lowest BCUT2D eigenvalue weighted by Crippen LogP contribution is -2.45. The van der Waals surface area contributed by atoms with E-state index in [1.807, 2.05) is 0 Å². The van der Waals surface area contributed by atoms with Crippen molar-refractivity contribution in [2.24, 2.45) is 4.99 Å². The summed E-state index contributed by atoms with van der Waals surface area (Å²) in [5.41, 5.74) is 0. The monoisotopic (exact) mass is 498 g/mol. The fourth-order valence-electron chi connectivity index (χ4n) is 2.92. The molecule has 1 aliphatic rings. The summed E-state index contributed by atoms with van der Waals surface area (Å²) in [6.07, 6.45) is -2.03. The minimum absolute atomic E-state index is 0.138. The molecule has 4 N–H and O–H groups in total. The Labute approximate surface area is 187 Å². The Morgan fingerprint density at radius 2 is 1.97 bits per heavy atom. The predicted molar refractivity (Wildman–Crippen MR) is 113 cm³/mol. The first-order chi connectivity index (χ1) is 14.9. The summed E-state index contributed by atoms with van der Waals surface area (Å²) in [5, 5.41) is 14.9. The van der Waals surface area contributed by atoms with Crippen molar-refractivity contribution >= 4 is 39.2 Å². The number of aliphatic carboxylic acids is 1. The third-order valence-corrected chi connectivity index (χ3v) is 6.85. The molecular weight excluding hydrogens is 473 g/mol. The molecule has 0 unspecified atom stereocenters. The summed E-state index contributed by atoms with van der Waals surface area (Å²) in [4.78, 5) is 28.8. The second kappa shape index (κ2) is 11.6. The summed E-state index contributed by atoms with van der Waals surface area (Å²) >= 11 is 1.26. The summed E-state index contributed by atoms with van der Waals surface area (Å²) in [6, 6.07) is 1.67. The van der Waals surface area contributed by atoms with Crippen LogP contribution < -0.4 is 15.4 Å². The molecule has 9 nitrogen and oxygen atoms in total. The molecule has 0 bridgehead atoms. The third-order valence-electron chi connectivity index (χ3n) is 4.33. The number of carbonyl (C=O) groups excluding carboxylic acids is 1. The van der Waals surface area contributed by atoms with Gasteiger partial charge < -0.3 is 10.4 Å². The molecule has 0 fully saturated rings. The average Bonchev–Trinajstić information content (AvgIpc) is 3.10. The number of hydrogen-bond acceptors (Lipinski definition) is 7. The molecule has 0 radical (unpaired) electrons. The minimum atomic E-state index is -4.97. The van der Waals surface area contributed by atoms with Crippen LogP contribution in [0.3, 0.4) is 0 Å². The Morgan fingerprint density at radius 3 is 2.59 bits per heavy atom. The minimum Gasteiger partial charge on any atom is -0.480 e. The fraction of sp³-hybridized carbons (Fsp3) is 0.611. The highest BCUT2D eigenvalue weighted by atomic mass is 32.2. The van der Waals surface area contributed by atoms with Gasteiger partial charge in [-0.25, -0.2) is 13.1 Å². The van der Waals surface area contributed by atoms with Crippen molar-refractivity contribution in [2.45, 2.75) is 50.7 Å². The molecule has 1 amide bonds. The molecule has 14 heteroatoms. The van der Waals surface area contributed by atoms with Gasteiger partial charge in [-0.05, 0) is 37.8 Å². The highest BCUT2D eigenvalue weighted by molar-refractivity contribution is 7.89. The van der Waals surface area contributed by atoms with Crippen LogP contribution in [-0.4, -0.2) is 62.4 Å². The number of unbranched alkanes of at least 4 members (excludes halogenated alkanes) is 1. The summed E-state index contributed by atoms with van der Waals surface area (Å²) in [5.74, 6) is -3.35. The number of rotatable bonds is 11. The van der Waals surface area contributed by atoms with Gasteiger partial charge in [0.15, 0.2) is 11.7 Å². The van der Waals surface area contributed by atoms with E-state index in [9.17, 15) is 36.3 Å². The Kier molecular flexibility index (Phi) is 9.46. The van der Waals surface area contributed by atoms with E-state index in [-0.39, 0.29) is 12.3 Å². The molecule has 2 heterocycles. The molecule has 0 aliphatic carbocycles. The lowest BCUT2D eigenvalue weighted by Gasteiger charge is -2.15. The van der Waals surface area contributed by atoms with Gasteiger partial charge >= 0.3 is 12.1 Å². The summed E-state index contributed by atoms with van der Waals surface area (Å²) < 4.78 is 61.8. The number of amides is 1. The zero-order valence-corrected chi connectivity index (χ0v) is 18.7. The zero-order valence-electron chi connectivity index (χ0n) is 17.1. The molecule has 0 aromatic carbocycles. The second-order valence-electron chi connectivity index (χ2n) is 7.22. The maximum atomic E-state index is 12.3. The quantitative estimate of drug-likeness (QED) is 0.341. The smallest absolute Gasteiger partial charge is 0.404 e. The van der Waals surface area contributed by atoms with Crippen molar-refractivity contribution in [1.82, 2.24) is 15.4 Å². The number of guanidine groups is 1. The number of aryl methyl sites for hydroxylation is 1. The highest BCUT2D eigenvalue weighted by Crippen LogP contribution is 2.22. The van der Waals surface area contributed by atoms with Crippen molar-refractivity contribution < 1.29 is 36.3 Å². The molecule has 2 rings (SSSR count). The molecule has 1 aromatic rings. The van der Waals surface area contributed by atoms with Gasteiger partial charge in [0.05, 0.1) is 0 Å². The number of hydrogen-bond donors (Lipinski definition) is 4. The van der Waals surface area contributed by atoms with Gasteiger partial charge in [0.2, 0.25) is 15.9 Å². The first-order valence-corrected chi connectivity index (χ1v) is 12.4. The Bertz CT molecular complexity index is 931. The number of carboxylic acid groups (broad SMARTS) is 1. The number of sulfonamides is 1. The Hall–Kier alpha value is -2.19. The topological polar surface area (TPSA) is 137 Å². The largest absolute Gasteiger partial charge is 0.480 e. The van der Waals surface area contributed by atoms with Crippen LogP contribution in [0.5, 0.6) is 0 Å². The van der Waals surface area contributed by atoms with Gasteiger partial charge in [-0.2, -0.15) is 13.2 Å². The fourth-order valence-corrected chi connectivity index (χ4v) is 5.15. The van der Waals surface area contributed by atoms with E-state index in [0.717, 1.165) is 17.8 Å². The van der Waals surface area contributed by atoms with Crippen molar-refractivity contribution in [3.05, 3.63) is 21.9 Å². The van der Waals surface area contributed by atoms with Crippen LogP contribution in [0.15, 0.2) is 17.1 Å². The standard InChI is InChI=1S/C18H25F3N4O5S2/c19-18(20,21)11-32(29,30)25-14(16(27)28)10-13-7-6-12(31-13)4-1-2-5-15(26)24-17-22-8-3-9-23-17/h6-7,14,25H,1-5,8-11H2,(H,27,28)(H2,22,23,24,26)/t14-/m0/s1. The van der Waals surface area contributed by atoms with Gasteiger partial charge in [0, 0.05) is 35.7 Å². The third kappa shape index (κ3) is 9.96. The highest BCUT2D eigenvalue weighted by Gasteiger charge is 2.37. The normalized spacial score (nSPS) is 15.5. The lowest BCUT2D eigenvalue weighted by atomic mass is 10.1. The Balaban J connectivity index is 1.78. The van der Waals surface area contributed by atoms with Crippen LogP contribution in [0.4, 0.5) is 13.2 Å². The zero-order chi connectivity index (χ0) is 23.8. The molecule has 0 spiro atoms. The van der Waals surface area contributed by atoms with Gasteiger partial charge in [-0.3, -0.25) is 19.9 Å². The van der Waals surface area contributed by atoms with E-state index in [4.69, 9.17) is 0 Å². The molecule has 1 aromatic heterocycles. The van der Waals surface area contributed by atoms with Crippen LogP contribution in [0.2, 0.25) is 0 Å². The van der Waals surface area contributed by atoms with Crippen LogP contribution in [0, 0.1) is 0 Å². The SMILES string of the molecule is O=C(CCCCc1ccc(C[C@H](NS(=O)(=O)CC(F)(F)F)C(=O)O)s1)NC1=NCCCN1. The van der Waals surface area contributed by atoms with E-state index in [2.05, 4.69) is 15.6 Å².